The first-order valence-electron chi connectivity index (χ1n) is 10.8. The third-order valence-corrected chi connectivity index (χ3v) is 5.85. The zero-order valence-electron chi connectivity index (χ0n) is 19.2. The highest BCUT2D eigenvalue weighted by atomic mass is 16.5. The van der Waals surface area contributed by atoms with Crippen LogP contribution in [0.25, 0.3) is 27.9 Å². The number of imidazole rings is 1. The van der Waals surface area contributed by atoms with Crippen LogP contribution in [0, 0.1) is 0 Å². The average Bonchev–Trinajstić information content (AvgIpc) is 3.24. The minimum Gasteiger partial charge on any atom is -0.504 e. The van der Waals surface area contributed by atoms with Gasteiger partial charge in [-0.25, -0.2) is 4.98 Å². The predicted octanol–water partition coefficient (Wildman–Crippen LogP) is 5.10. The Hall–Kier alpha value is -2.99. The van der Waals surface area contributed by atoms with Gasteiger partial charge in [0.25, 0.3) is 0 Å². The molecule has 1 unspecified atom stereocenters. The lowest BCUT2D eigenvalue weighted by Crippen LogP contribution is -2.13. The SMILES string of the molecule is CC=C(N)c1c(C(C)CCCCN(C)C)cc(-c2ccc(OC)c(O)c2)c2nc[nH]c12. The fraction of sp³-hybridized carbons (Fsp3) is 0.400. The van der Waals surface area contributed by atoms with Crippen molar-refractivity contribution in [3.63, 3.8) is 0 Å². The Labute approximate surface area is 184 Å². The predicted molar refractivity (Wildman–Crippen MR) is 128 cm³/mol. The number of unbranched alkanes of at least 4 members (excludes halogenated alkanes) is 1. The number of nitrogens with zero attached hydrogens (tertiary/aromatic N) is 2. The van der Waals surface area contributed by atoms with Crippen molar-refractivity contribution in [1.82, 2.24) is 14.9 Å². The van der Waals surface area contributed by atoms with Crippen molar-refractivity contribution in [3.05, 3.63) is 47.8 Å². The third-order valence-electron chi connectivity index (χ3n) is 5.85. The molecule has 0 spiro atoms. The summed E-state index contributed by atoms with van der Waals surface area (Å²) in [6, 6.07) is 7.65. The molecule has 31 heavy (non-hydrogen) atoms. The maximum absolute atomic E-state index is 10.3. The van der Waals surface area contributed by atoms with E-state index in [2.05, 4.69) is 42.0 Å². The van der Waals surface area contributed by atoms with Gasteiger partial charge in [-0.2, -0.15) is 0 Å². The Balaban J connectivity index is 2.10. The van der Waals surface area contributed by atoms with Crippen molar-refractivity contribution >= 4 is 16.7 Å². The van der Waals surface area contributed by atoms with Crippen LogP contribution in [0.3, 0.4) is 0 Å². The first-order valence-corrected chi connectivity index (χ1v) is 10.8. The number of methoxy groups -OCH3 is 1. The summed E-state index contributed by atoms with van der Waals surface area (Å²) in [5.74, 6) is 0.888. The van der Waals surface area contributed by atoms with Crippen LogP contribution >= 0.6 is 0 Å². The average molecular weight is 423 g/mol. The van der Waals surface area contributed by atoms with E-state index in [1.807, 2.05) is 19.1 Å². The summed E-state index contributed by atoms with van der Waals surface area (Å²) in [6.07, 6.45) is 7.03. The van der Waals surface area contributed by atoms with Crippen LogP contribution in [-0.4, -0.2) is 47.7 Å². The lowest BCUT2D eigenvalue weighted by Gasteiger charge is -2.20. The van der Waals surface area contributed by atoms with Crippen LogP contribution in [0.5, 0.6) is 11.5 Å². The topological polar surface area (TPSA) is 87.4 Å². The summed E-state index contributed by atoms with van der Waals surface area (Å²) in [4.78, 5) is 10.1. The summed E-state index contributed by atoms with van der Waals surface area (Å²) >= 11 is 0. The van der Waals surface area contributed by atoms with Crippen molar-refractivity contribution in [1.29, 1.82) is 0 Å². The largest absolute Gasteiger partial charge is 0.504 e. The molecular weight excluding hydrogens is 388 g/mol. The number of allylic oxidation sites excluding steroid dienone is 1. The normalized spacial score (nSPS) is 13.2. The molecule has 3 rings (SSSR count). The number of phenols is 1. The van der Waals surface area contributed by atoms with Gasteiger partial charge in [-0.3, -0.25) is 0 Å². The van der Waals surface area contributed by atoms with Crippen LogP contribution in [0.1, 0.15) is 50.2 Å². The van der Waals surface area contributed by atoms with Crippen LogP contribution in [0.4, 0.5) is 0 Å². The van der Waals surface area contributed by atoms with Gasteiger partial charge in [-0.05, 0) is 75.6 Å². The third kappa shape index (κ3) is 4.85. The Kier molecular flexibility index (Phi) is 7.23. The lowest BCUT2D eigenvalue weighted by molar-refractivity contribution is 0.373. The molecule has 6 heteroatoms. The molecule has 166 valence electrons. The summed E-state index contributed by atoms with van der Waals surface area (Å²) in [6.45, 7) is 5.31. The number of nitrogens with two attached hydrogens (primary N) is 1. The molecular formula is C25H34N4O2. The van der Waals surface area contributed by atoms with Crippen molar-refractivity contribution in [2.45, 2.75) is 39.0 Å². The van der Waals surface area contributed by atoms with Crippen LogP contribution in [0.15, 0.2) is 36.7 Å². The van der Waals surface area contributed by atoms with E-state index in [1.165, 1.54) is 5.56 Å². The molecule has 0 radical (unpaired) electrons. The van der Waals surface area contributed by atoms with Crippen LogP contribution in [0.2, 0.25) is 0 Å². The first kappa shape index (κ1) is 22.7. The van der Waals surface area contributed by atoms with E-state index >= 15 is 0 Å². The number of fused-ring (bicyclic) bond motifs is 1. The van der Waals surface area contributed by atoms with Crippen molar-refractivity contribution < 1.29 is 9.84 Å². The molecule has 4 N–H and O–H groups in total. The van der Waals surface area contributed by atoms with Gasteiger partial charge in [0.2, 0.25) is 0 Å². The van der Waals surface area contributed by atoms with E-state index in [9.17, 15) is 5.11 Å². The fourth-order valence-electron chi connectivity index (χ4n) is 4.09. The molecule has 0 aliphatic rings. The van der Waals surface area contributed by atoms with E-state index < -0.39 is 0 Å². The van der Waals surface area contributed by atoms with Gasteiger partial charge in [-0.15, -0.1) is 0 Å². The number of aromatic nitrogens is 2. The van der Waals surface area contributed by atoms with E-state index in [-0.39, 0.29) is 5.75 Å². The summed E-state index contributed by atoms with van der Waals surface area (Å²) in [5, 5.41) is 10.3. The van der Waals surface area contributed by atoms with Gasteiger partial charge in [0.1, 0.15) is 0 Å². The molecule has 0 fully saturated rings. The molecule has 2 aromatic carbocycles. The van der Waals surface area contributed by atoms with Gasteiger partial charge in [-0.1, -0.05) is 25.5 Å². The number of benzene rings is 2. The van der Waals surface area contributed by atoms with Gasteiger partial charge in [0.05, 0.1) is 24.5 Å². The zero-order valence-corrected chi connectivity index (χ0v) is 19.2. The quantitative estimate of drug-likeness (QED) is 0.418. The second-order valence-corrected chi connectivity index (χ2v) is 8.35. The standard InChI is InChI=1S/C25H34N4O2/c1-6-20(26)23-18(16(2)9-7-8-12-29(3)4)14-19(24-25(23)28-15-27-24)17-10-11-22(31-5)21(30)13-17/h6,10-11,13-16,30H,7-9,12,26H2,1-5H3,(H,27,28). The molecule has 0 saturated carbocycles. The minimum atomic E-state index is 0.110. The Bertz CT molecular complexity index is 1070. The summed E-state index contributed by atoms with van der Waals surface area (Å²) in [5.41, 5.74) is 13.0. The maximum atomic E-state index is 10.3. The molecule has 1 atom stereocenters. The summed E-state index contributed by atoms with van der Waals surface area (Å²) in [7, 11) is 5.76. The first-order chi connectivity index (χ1) is 14.9. The molecule has 0 amide bonds. The Morgan fingerprint density at radius 1 is 1.29 bits per heavy atom. The van der Waals surface area contributed by atoms with E-state index in [0.717, 1.165) is 59.2 Å². The van der Waals surface area contributed by atoms with E-state index in [0.29, 0.717) is 11.7 Å². The number of aromatic hydroxyl groups is 1. The van der Waals surface area contributed by atoms with Gasteiger partial charge in [0.15, 0.2) is 11.5 Å². The molecule has 3 aromatic rings. The number of aromatic amines is 1. The van der Waals surface area contributed by atoms with Gasteiger partial charge < -0.3 is 25.5 Å². The molecule has 0 aliphatic carbocycles. The zero-order chi connectivity index (χ0) is 22.5. The number of hydrogen-bond donors (Lipinski definition) is 3. The van der Waals surface area contributed by atoms with Gasteiger partial charge >= 0.3 is 0 Å². The lowest BCUT2D eigenvalue weighted by atomic mass is 9.86. The molecule has 6 nitrogen and oxygen atoms in total. The second kappa shape index (κ2) is 9.88. The minimum absolute atomic E-state index is 0.110. The monoisotopic (exact) mass is 422 g/mol. The molecule has 0 saturated heterocycles. The van der Waals surface area contributed by atoms with Crippen LogP contribution < -0.4 is 10.5 Å². The number of phenolic OH excluding ortho intramolecular Hbond substituents is 1. The number of H-pyrrole nitrogens is 1. The molecule has 1 heterocycles. The Morgan fingerprint density at radius 2 is 2.06 bits per heavy atom. The Morgan fingerprint density at radius 3 is 2.71 bits per heavy atom. The van der Waals surface area contributed by atoms with E-state index in [4.69, 9.17) is 10.5 Å². The smallest absolute Gasteiger partial charge is 0.160 e. The van der Waals surface area contributed by atoms with Gasteiger partial charge in [0, 0.05) is 16.8 Å². The fourth-order valence-corrected chi connectivity index (χ4v) is 4.09. The number of nitrogens with one attached hydrogen (secondary N) is 1. The highest BCUT2D eigenvalue weighted by Crippen LogP contribution is 2.40. The molecule has 0 aliphatic heterocycles. The highest BCUT2D eigenvalue weighted by molar-refractivity contribution is 5.99. The number of rotatable bonds is 9. The second-order valence-electron chi connectivity index (χ2n) is 8.35. The van der Waals surface area contributed by atoms with Crippen molar-refractivity contribution in [2.24, 2.45) is 5.73 Å². The van der Waals surface area contributed by atoms with Crippen molar-refractivity contribution in [3.8, 4) is 22.6 Å². The molecule has 0 bridgehead atoms. The van der Waals surface area contributed by atoms with Crippen molar-refractivity contribution in [2.75, 3.05) is 27.7 Å². The number of hydrogen-bond acceptors (Lipinski definition) is 5. The van der Waals surface area contributed by atoms with E-state index in [1.54, 1.807) is 25.6 Å². The van der Waals surface area contributed by atoms with Crippen LogP contribution in [-0.2, 0) is 0 Å². The summed E-state index contributed by atoms with van der Waals surface area (Å²) < 4.78 is 5.21. The highest BCUT2D eigenvalue weighted by Gasteiger charge is 2.21. The number of ether oxygens (including phenoxy) is 1. The maximum Gasteiger partial charge on any atom is 0.160 e. The molecule has 1 aromatic heterocycles.